The molecule has 0 aliphatic heterocycles. The van der Waals surface area contributed by atoms with Crippen molar-refractivity contribution in [3.05, 3.63) is 58.6 Å². The molecule has 22 heavy (non-hydrogen) atoms. The average Bonchev–Trinajstić information content (AvgIpc) is 2.52. The van der Waals surface area contributed by atoms with E-state index in [1.54, 1.807) is 31.2 Å². The van der Waals surface area contributed by atoms with E-state index in [-0.39, 0.29) is 18.2 Å². The second-order valence-electron chi connectivity index (χ2n) is 4.64. The Morgan fingerprint density at radius 1 is 1.14 bits per heavy atom. The number of hydrogen-bond acceptors (Lipinski definition) is 4. The molecule has 0 aliphatic carbocycles. The zero-order valence-corrected chi connectivity index (χ0v) is 13.6. The standard InChI is InChI=1S/C16H16BrN3O2/c1-11(12-2-8-15(21)9-3-12)19-20-16(22)10-18-14-6-4-13(17)5-7-14/h2-9,18,21H,10H2,1H3,(H,20,22)/b19-11-. The number of benzene rings is 2. The van der Waals surface area contributed by atoms with Gasteiger partial charge in [-0.3, -0.25) is 4.79 Å². The zero-order valence-electron chi connectivity index (χ0n) is 12.0. The van der Waals surface area contributed by atoms with Gasteiger partial charge in [-0.05, 0) is 61.0 Å². The molecule has 0 spiro atoms. The molecule has 2 rings (SSSR count). The maximum absolute atomic E-state index is 11.7. The summed E-state index contributed by atoms with van der Waals surface area (Å²) in [5, 5.41) is 16.3. The van der Waals surface area contributed by atoms with Gasteiger partial charge in [-0.1, -0.05) is 15.9 Å². The van der Waals surface area contributed by atoms with E-state index in [0.29, 0.717) is 5.71 Å². The highest BCUT2D eigenvalue weighted by Gasteiger charge is 2.02. The van der Waals surface area contributed by atoms with Gasteiger partial charge in [0.1, 0.15) is 5.75 Å². The Hall–Kier alpha value is -2.34. The first-order chi connectivity index (χ1) is 10.5. The van der Waals surface area contributed by atoms with Crippen molar-refractivity contribution in [3.63, 3.8) is 0 Å². The third-order valence-corrected chi connectivity index (χ3v) is 3.46. The molecule has 0 saturated carbocycles. The summed E-state index contributed by atoms with van der Waals surface area (Å²) in [6, 6.07) is 14.2. The number of carbonyl (C=O) groups is 1. The summed E-state index contributed by atoms with van der Waals surface area (Å²) >= 11 is 3.35. The molecule has 0 atom stereocenters. The van der Waals surface area contributed by atoms with E-state index in [4.69, 9.17) is 0 Å². The van der Waals surface area contributed by atoms with Crippen LogP contribution < -0.4 is 10.7 Å². The lowest BCUT2D eigenvalue weighted by atomic mass is 10.1. The van der Waals surface area contributed by atoms with E-state index in [1.807, 2.05) is 24.3 Å². The number of hydrogen-bond donors (Lipinski definition) is 3. The van der Waals surface area contributed by atoms with Crippen LogP contribution >= 0.6 is 15.9 Å². The van der Waals surface area contributed by atoms with Gasteiger partial charge in [-0.15, -0.1) is 0 Å². The molecule has 2 aromatic carbocycles. The lowest BCUT2D eigenvalue weighted by molar-refractivity contribution is -0.119. The number of carbonyl (C=O) groups excluding carboxylic acids is 1. The fourth-order valence-electron chi connectivity index (χ4n) is 1.70. The van der Waals surface area contributed by atoms with Crippen molar-refractivity contribution < 1.29 is 9.90 Å². The minimum Gasteiger partial charge on any atom is -0.508 e. The molecule has 0 fully saturated rings. The molecule has 2 aromatic rings. The van der Waals surface area contributed by atoms with Gasteiger partial charge in [-0.25, -0.2) is 5.43 Å². The van der Waals surface area contributed by atoms with Gasteiger partial charge < -0.3 is 10.4 Å². The molecule has 0 heterocycles. The van der Waals surface area contributed by atoms with Crippen molar-refractivity contribution in [2.24, 2.45) is 5.10 Å². The molecule has 0 unspecified atom stereocenters. The largest absolute Gasteiger partial charge is 0.508 e. The van der Waals surface area contributed by atoms with Crippen LogP contribution in [0.25, 0.3) is 0 Å². The second-order valence-corrected chi connectivity index (χ2v) is 5.56. The van der Waals surface area contributed by atoms with Crippen LogP contribution in [0.5, 0.6) is 5.75 Å². The van der Waals surface area contributed by atoms with Gasteiger partial charge in [0.05, 0.1) is 12.3 Å². The molecular weight excluding hydrogens is 346 g/mol. The quantitative estimate of drug-likeness (QED) is 0.565. The van der Waals surface area contributed by atoms with Crippen LogP contribution in [0.15, 0.2) is 58.1 Å². The fraction of sp³-hybridized carbons (Fsp3) is 0.125. The van der Waals surface area contributed by atoms with Gasteiger partial charge in [0.25, 0.3) is 5.91 Å². The van der Waals surface area contributed by atoms with Crippen molar-refractivity contribution in [2.75, 3.05) is 11.9 Å². The average molecular weight is 362 g/mol. The van der Waals surface area contributed by atoms with Crippen molar-refractivity contribution in [1.82, 2.24) is 5.43 Å². The summed E-state index contributed by atoms with van der Waals surface area (Å²) in [6.07, 6.45) is 0. The van der Waals surface area contributed by atoms with Crippen LogP contribution in [0.3, 0.4) is 0 Å². The molecule has 5 nitrogen and oxygen atoms in total. The van der Waals surface area contributed by atoms with E-state index in [1.165, 1.54) is 0 Å². The minimum absolute atomic E-state index is 0.133. The third kappa shape index (κ3) is 4.89. The van der Waals surface area contributed by atoms with Crippen LogP contribution in [0.2, 0.25) is 0 Å². The normalized spacial score (nSPS) is 11.1. The lowest BCUT2D eigenvalue weighted by Gasteiger charge is -2.06. The number of amides is 1. The molecular formula is C16H16BrN3O2. The number of rotatable bonds is 5. The van der Waals surface area contributed by atoms with E-state index in [9.17, 15) is 9.90 Å². The highest BCUT2D eigenvalue weighted by atomic mass is 79.9. The predicted molar refractivity (Wildman–Crippen MR) is 91.1 cm³/mol. The summed E-state index contributed by atoms with van der Waals surface area (Å²) in [6.45, 7) is 1.92. The minimum atomic E-state index is -0.235. The molecule has 6 heteroatoms. The SMILES string of the molecule is C/C(=N/NC(=O)CNc1ccc(Br)cc1)c1ccc(O)cc1. The van der Waals surface area contributed by atoms with E-state index in [0.717, 1.165) is 15.7 Å². The number of halogens is 1. The molecule has 114 valence electrons. The monoisotopic (exact) mass is 361 g/mol. The fourth-order valence-corrected chi connectivity index (χ4v) is 1.97. The van der Waals surface area contributed by atoms with Crippen molar-refractivity contribution in [2.45, 2.75) is 6.92 Å². The molecule has 0 saturated heterocycles. The Bertz CT molecular complexity index is 667. The van der Waals surface area contributed by atoms with E-state index >= 15 is 0 Å². The molecule has 0 aromatic heterocycles. The summed E-state index contributed by atoms with van der Waals surface area (Å²) < 4.78 is 0.983. The molecule has 0 aliphatic rings. The first-order valence-corrected chi connectivity index (χ1v) is 7.46. The van der Waals surface area contributed by atoms with Crippen LogP contribution in [-0.2, 0) is 4.79 Å². The number of phenolic OH excluding ortho intramolecular Hbond substituents is 1. The Kier molecular flexibility index (Phi) is 5.55. The van der Waals surface area contributed by atoms with Crippen molar-refractivity contribution >= 4 is 33.2 Å². The summed E-state index contributed by atoms with van der Waals surface area (Å²) in [7, 11) is 0. The van der Waals surface area contributed by atoms with Crippen molar-refractivity contribution in [3.8, 4) is 5.75 Å². The third-order valence-electron chi connectivity index (χ3n) is 2.93. The predicted octanol–water partition coefficient (Wildman–Crippen LogP) is 3.11. The Balaban J connectivity index is 1.85. The summed E-state index contributed by atoms with van der Waals surface area (Å²) in [4.78, 5) is 11.7. The number of nitrogens with one attached hydrogen (secondary N) is 2. The van der Waals surface area contributed by atoms with E-state index < -0.39 is 0 Å². The second kappa shape index (κ2) is 7.61. The number of aromatic hydroxyl groups is 1. The van der Waals surface area contributed by atoms with Gasteiger partial charge in [0.2, 0.25) is 0 Å². The topological polar surface area (TPSA) is 73.7 Å². The maximum Gasteiger partial charge on any atom is 0.259 e. The molecule has 0 bridgehead atoms. The van der Waals surface area contributed by atoms with Gasteiger partial charge in [-0.2, -0.15) is 5.10 Å². The summed E-state index contributed by atoms with van der Waals surface area (Å²) in [5.41, 5.74) is 4.85. The molecule has 3 N–H and O–H groups in total. The highest BCUT2D eigenvalue weighted by Crippen LogP contribution is 2.13. The summed E-state index contributed by atoms with van der Waals surface area (Å²) in [5.74, 6) is -0.0414. The van der Waals surface area contributed by atoms with Crippen LogP contribution in [0, 0.1) is 0 Å². The van der Waals surface area contributed by atoms with Crippen LogP contribution in [0.4, 0.5) is 5.69 Å². The number of nitrogens with zero attached hydrogens (tertiary/aromatic N) is 1. The first-order valence-electron chi connectivity index (χ1n) is 6.66. The first kappa shape index (κ1) is 16.0. The Morgan fingerprint density at radius 3 is 2.41 bits per heavy atom. The molecule has 1 amide bonds. The Labute approximate surface area is 137 Å². The van der Waals surface area contributed by atoms with Crippen LogP contribution in [-0.4, -0.2) is 23.3 Å². The van der Waals surface area contributed by atoms with Crippen molar-refractivity contribution in [1.29, 1.82) is 0 Å². The van der Waals surface area contributed by atoms with Crippen LogP contribution in [0.1, 0.15) is 12.5 Å². The number of hydrazone groups is 1. The van der Waals surface area contributed by atoms with Gasteiger partial charge in [0.15, 0.2) is 0 Å². The zero-order chi connectivity index (χ0) is 15.9. The van der Waals surface area contributed by atoms with Gasteiger partial charge in [0, 0.05) is 10.2 Å². The van der Waals surface area contributed by atoms with Gasteiger partial charge >= 0.3 is 0 Å². The highest BCUT2D eigenvalue weighted by molar-refractivity contribution is 9.10. The molecule has 0 radical (unpaired) electrons. The smallest absolute Gasteiger partial charge is 0.259 e. The maximum atomic E-state index is 11.7. The number of anilines is 1. The van der Waals surface area contributed by atoms with E-state index in [2.05, 4.69) is 31.8 Å². The Morgan fingerprint density at radius 2 is 1.77 bits per heavy atom. The lowest BCUT2D eigenvalue weighted by Crippen LogP contribution is -2.26. The number of phenols is 1.